The molecule has 140 valence electrons. The molecule has 0 atom stereocenters. The number of carbonyl (C=O) groups excluding carboxylic acids is 1. The molecule has 0 saturated heterocycles. The third kappa shape index (κ3) is 6.76. The minimum absolute atomic E-state index is 0.188. The second-order valence-corrected chi connectivity index (χ2v) is 6.26. The highest BCUT2D eigenvalue weighted by molar-refractivity contribution is 6.04. The Labute approximate surface area is 155 Å². The highest BCUT2D eigenvalue weighted by atomic mass is 16.5. The Hall–Kier alpha value is -2.53. The lowest BCUT2D eigenvalue weighted by Gasteiger charge is -2.11. The molecule has 26 heavy (non-hydrogen) atoms. The van der Waals surface area contributed by atoms with Crippen molar-refractivity contribution in [1.82, 2.24) is 0 Å². The van der Waals surface area contributed by atoms with Crippen LogP contribution in [0, 0.1) is 5.92 Å². The maximum absolute atomic E-state index is 12.5. The van der Waals surface area contributed by atoms with Gasteiger partial charge in [0.2, 0.25) is 0 Å². The SMILES string of the molecule is CCOCCOc1cccc(NC(=O)c2cccc(OCC(C)C)c2)c1. The van der Waals surface area contributed by atoms with Gasteiger partial charge in [-0.15, -0.1) is 0 Å². The van der Waals surface area contributed by atoms with Crippen molar-refractivity contribution in [2.75, 3.05) is 31.7 Å². The van der Waals surface area contributed by atoms with Crippen molar-refractivity contribution in [3.05, 3.63) is 54.1 Å². The molecule has 2 aromatic carbocycles. The van der Waals surface area contributed by atoms with E-state index < -0.39 is 0 Å². The lowest BCUT2D eigenvalue weighted by molar-refractivity contribution is 0.102. The fraction of sp³-hybridized carbons (Fsp3) is 0.381. The summed E-state index contributed by atoms with van der Waals surface area (Å²) >= 11 is 0. The van der Waals surface area contributed by atoms with Gasteiger partial charge in [0.15, 0.2) is 0 Å². The maximum Gasteiger partial charge on any atom is 0.255 e. The first kappa shape index (κ1) is 19.8. The van der Waals surface area contributed by atoms with Crippen LogP contribution in [0.2, 0.25) is 0 Å². The maximum atomic E-state index is 12.5. The standard InChI is InChI=1S/C21H27NO4/c1-4-24-11-12-25-20-10-6-8-18(14-20)22-21(23)17-7-5-9-19(13-17)26-15-16(2)3/h5-10,13-14,16H,4,11-12,15H2,1-3H3,(H,22,23). The van der Waals surface area contributed by atoms with Crippen LogP contribution in [0.1, 0.15) is 31.1 Å². The van der Waals surface area contributed by atoms with E-state index in [0.29, 0.717) is 55.1 Å². The molecule has 0 heterocycles. The van der Waals surface area contributed by atoms with Crippen LogP contribution in [-0.4, -0.2) is 32.3 Å². The van der Waals surface area contributed by atoms with E-state index in [-0.39, 0.29) is 5.91 Å². The zero-order valence-electron chi connectivity index (χ0n) is 15.7. The number of anilines is 1. The molecular weight excluding hydrogens is 330 g/mol. The van der Waals surface area contributed by atoms with Gasteiger partial charge >= 0.3 is 0 Å². The van der Waals surface area contributed by atoms with Crippen LogP contribution >= 0.6 is 0 Å². The summed E-state index contributed by atoms with van der Waals surface area (Å²) in [7, 11) is 0. The summed E-state index contributed by atoms with van der Waals surface area (Å²) in [5.74, 6) is 1.63. The largest absolute Gasteiger partial charge is 0.493 e. The van der Waals surface area contributed by atoms with Crippen molar-refractivity contribution in [2.45, 2.75) is 20.8 Å². The number of rotatable bonds is 10. The van der Waals surface area contributed by atoms with Gasteiger partial charge in [0.05, 0.1) is 13.2 Å². The number of hydrogen-bond donors (Lipinski definition) is 1. The Morgan fingerprint density at radius 1 is 1.00 bits per heavy atom. The Bertz CT molecular complexity index is 700. The van der Waals surface area contributed by atoms with E-state index in [9.17, 15) is 4.79 Å². The Morgan fingerprint density at radius 2 is 1.73 bits per heavy atom. The van der Waals surface area contributed by atoms with Gasteiger partial charge in [-0.25, -0.2) is 0 Å². The smallest absolute Gasteiger partial charge is 0.255 e. The van der Waals surface area contributed by atoms with E-state index in [1.165, 1.54) is 0 Å². The summed E-state index contributed by atoms with van der Waals surface area (Å²) in [6, 6.07) is 14.5. The first-order valence-corrected chi connectivity index (χ1v) is 8.93. The third-order valence-corrected chi connectivity index (χ3v) is 3.47. The summed E-state index contributed by atoms with van der Waals surface area (Å²) in [6.45, 7) is 8.40. The van der Waals surface area contributed by atoms with E-state index in [1.54, 1.807) is 18.2 Å². The molecule has 1 amide bonds. The van der Waals surface area contributed by atoms with Crippen LogP contribution in [0.4, 0.5) is 5.69 Å². The van der Waals surface area contributed by atoms with E-state index >= 15 is 0 Å². The quantitative estimate of drug-likeness (QED) is 0.641. The molecule has 5 nitrogen and oxygen atoms in total. The van der Waals surface area contributed by atoms with Crippen LogP contribution in [0.15, 0.2) is 48.5 Å². The number of carbonyl (C=O) groups is 1. The zero-order valence-corrected chi connectivity index (χ0v) is 15.7. The minimum Gasteiger partial charge on any atom is -0.493 e. The number of benzene rings is 2. The summed E-state index contributed by atoms with van der Waals surface area (Å²) < 4.78 is 16.5. The molecule has 2 aromatic rings. The van der Waals surface area contributed by atoms with Crippen molar-refractivity contribution < 1.29 is 19.0 Å². The van der Waals surface area contributed by atoms with Gasteiger partial charge in [-0.3, -0.25) is 4.79 Å². The van der Waals surface area contributed by atoms with Gasteiger partial charge in [0, 0.05) is 23.9 Å². The summed E-state index contributed by atoms with van der Waals surface area (Å²) in [5.41, 5.74) is 1.23. The molecule has 0 fully saturated rings. The molecule has 0 spiro atoms. The molecule has 0 saturated carbocycles. The molecule has 0 aliphatic rings. The van der Waals surface area contributed by atoms with E-state index in [0.717, 1.165) is 0 Å². The molecule has 1 N–H and O–H groups in total. The third-order valence-electron chi connectivity index (χ3n) is 3.47. The van der Waals surface area contributed by atoms with Crippen molar-refractivity contribution in [1.29, 1.82) is 0 Å². The number of hydrogen-bond acceptors (Lipinski definition) is 4. The Kier molecular flexibility index (Phi) is 7.96. The lowest BCUT2D eigenvalue weighted by atomic mass is 10.2. The number of amides is 1. The molecule has 0 unspecified atom stereocenters. The van der Waals surface area contributed by atoms with Gasteiger partial charge in [-0.2, -0.15) is 0 Å². The molecule has 0 aliphatic heterocycles. The van der Waals surface area contributed by atoms with Crippen molar-refractivity contribution in [3.8, 4) is 11.5 Å². The van der Waals surface area contributed by atoms with Gasteiger partial charge < -0.3 is 19.5 Å². The second-order valence-electron chi connectivity index (χ2n) is 6.26. The monoisotopic (exact) mass is 357 g/mol. The van der Waals surface area contributed by atoms with Crippen LogP contribution in [0.25, 0.3) is 0 Å². The van der Waals surface area contributed by atoms with Crippen molar-refractivity contribution in [2.24, 2.45) is 5.92 Å². The topological polar surface area (TPSA) is 56.8 Å². The summed E-state index contributed by atoms with van der Waals surface area (Å²) in [5, 5.41) is 2.89. The highest BCUT2D eigenvalue weighted by Crippen LogP contribution is 2.19. The summed E-state index contributed by atoms with van der Waals surface area (Å²) in [6.07, 6.45) is 0. The second kappa shape index (κ2) is 10.5. The average molecular weight is 357 g/mol. The minimum atomic E-state index is -0.188. The Balaban J connectivity index is 1.95. The van der Waals surface area contributed by atoms with Crippen LogP contribution in [0.3, 0.4) is 0 Å². The molecule has 0 aliphatic carbocycles. The number of nitrogens with one attached hydrogen (secondary N) is 1. The van der Waals surface area contributed by atoms with E-state index in [4.69, 9.17) is 14.2 Å². The summed E-state index contributed by atoms with van der Waals surface area (Å²) in [4.78, 5) is 12.5. The zero-order chi connectivity index (χ0) is 18.8. The molecule has 5 heteroatoms. The predicted octanol–water partition coefficient (Wildman–Crippen LogP) is 4.39. The van der Waals surface area contributed by atoms with Gasteiger partial charge in [0.1, 0.15) is 18.1 Å². The van der Waals surface area contributed by atoms with Crippen LogP contribution in [-0.2, 0) is 4.74 Å². The highest BCUT2D eigenvalue weighted by Gasteiger charge is 2.08. The van der Waals surface area contributed by atoms with Crippen LogP contribution in [0.5, 0.6) is 11.5 Å². The molecule has 0 radical (unpaired) electrons. The lowest BCUT2D eigenvalue weighted by Crippen LogP contribution is -2.12. The van der Waals surface area contributed by atoms with Crippen molar-refractivity contribution >= 4 is 11.6 Å². The fourth-order valence-corrected chi connectivity index (χ4v) is 2.22. The number of ether oxygens (including phenoxy) is 3. The van der Waals surface area contributed by atoms with E-state index in [2.05, 4.69) is 19.2 Å². The molecule has 0 aromatic heterocycles. The predicted molar refractivity (Wildman–Crippen MR) is 103 cm³/mol. The van der Waals surface area contributed by atoms with Crippen molar-refractivity contribution in [3.63, 3.8) is 0 Å². The normalized spacial score (nSPS) is 10.6. The molecule has 0 bridgehead atoms. The van der Waals surface area contributed by atoms with Gasteiger partial charge in [0.25, 0.3) is 5.91 Å². The Morgan fingerprint density at radius 3 is 2.46 bits per heavy atom. The van der Waals surface area contributed by atoms with Gasteiger partial charge in [-0.05, 0) is 43.2 Å². The molecular formula is C21H27NO4. The molecule has 2 rings (SSSR count). The van der Waals surface area contributed by atoms with Gasteiger partial charge in [-0.1, -0.05) is 26.0 Å². The average Bonchev–Trinajstić information content (AvgIpc) is 2.64. The fourth-order valence-electron chi connectivity index (χ4n) is 2.22. The first-order valence-electron chi connectivity index (χ1n) is 8.93. The first-order chi connectivity index (χ1) is 12.6. The van der Waals surface area contributed by atoms with E-state index in [1.807, 2.05) is 37.3 Å². The van der Waals surface area contributed by atoms with Crippen LogP contribution < -0.4 is 14.8 Å².